The highest BCUT2D eigenvalue weighted by Gasteiger charge is 2.51. The second-order valence-electron chi connectivity index (χ2n) is 7.76. The summed E-state index contributed by atoms with van der Waals surface area (Å²) in [5, 5.41) is 12.3. The van der Waals surface area contributed by atoms with Crippen molar-refractivity contribution in [3.8, 4) is 0 Å². The van der Waals surface area contributed by atoms with Crippen molar-refractivity contribution in [1.82, 2.24) is 4.90 Å². The number of carbonyl (C=O) groups excluding carboxylic acids is 2. The molecule has 4 rings (SSSR count). The van der Waals surface area contributed by atoms with Crippen molar-refractivity contribution < 1.29 is 19.5 Å². The fourth-order valence-corrected chi connectivity index (χ4v) is 4.72. The summed E-state index contributed by atoms with van der Waals surface area (Å²) in [6.07, 6.45) is 7.89. The van der Waals surface area contributed by atoms with Crippen LogP contribution in [0.1, 0.15) is 36.0 Å². The van der Waals surface area contributed by atoms with Crippen molar-refractivity contribution in [2.24, 2.45) is 23.7 Å². The molecule has 2 fully saturated rings. The second-order valence-corrected chi connectivity index (χ2v) is 7.76. The summed E-state index contributed by atoms with van der Waals surface area (Å²) < 4.78 is 0. The van der Waals surface area contributed by atoms with E-state index in [1.54, 1.807) is 24.3 Å². The van der Waals surface area contributed by atoms with Gasteiger partial charge in [-0.1, -0.05) is 12.2 Å². The second kappa shape index (κ2) is 7.18. The predicted octanol–water partition coefficient (Wildman–Crippen LogP) is 2.77. The van der Waals surface area contributed by atoms with Crippen LogP contribution in [0, 0.1) is 23.7 Å². The molecule has 27 heavy (non-hydrogen) atoms. The zero-order valence-corrected chi connectivity index (χ0v) is 15.1. The minimum Gasteiger partial charge on any atom is -0.481 e. The summed E-state index contributed by atoms with van der Waals surface area (Å²) >= 11 is 0. The molecule has 1 saturated carbocycles. The number of allylic oxidation sites excluding steroid dienone is 2. The Labute approximate surface area is 158 Å². The zero-order valence-electron chi connectivity index (χ0n) is 15.1. The van der Waals surface area contributed by atoms with Gasteiger partial charge in [0.25, 0.3) is 5.91 Å². The molecule has 1 aliphatic heterocycles. The van der Waals surface area contributed by atoms with Crippen LogP contribution in [0.3, 0.4) is 0 Å². The number of amides is 2. The van der Waals surface area contributed by atoms with Gasteiger partial charge in [-0.05, 0) is 61.8 Å². The smallest absolute Gasteiger partial charge is 0.307 e. The lowest BCUT2D eigenvalue weighted by Crippen LogP contribution is -2.36. The Morgan fingerprint density at radius 2 is 1.56 bits per heavy atom. The SMILES string of the molecule is O=C(Nc1ccc(C(=O)N2CCCCC2)cc1)[C@@H]1[C@H](C(=O)O)[C@H]2C=C[C@H]1C2. The zero-order chi connectivity index (χ0) is 19.0. The Balaban J connectivity index is 1.42. The number of nitrogens with one attached hydrogen (secondary N) is 1. The number of nitrogens with zero attached hydrogens (tertiary/aromatic N) is 1. The summed E-state index contributed by atoms with van der Waals surface area (Å²) in [6, 6.07) is 6.88. The summed E-state index contributed by atoms with van der Waals surface area (Å²) in [5.74, 6) is -2.38. The van der Waals surface area contributed by atoms with E-state index in [-0.39, 0.29) is 23.7 Å². The number of hydrogen-bond acceptors (Lipinski definition) is 3. The maximum Gasteiger partial charge on any atom is 0.307 e. The standard InChI is InChI=1S/C21H24N2O4/c24-19(17-14-4-5-15(12-14)18(17)21(26)27)22-16-8-6-13(7-9-16)20(25)23-10-2-1-3-11-23/h4-9,14-15,17-18H,1-3,10-12H2,(H,22,24)(H,26,27)/t14-,15-,17-,18+/m0/s1. The van der Waals surface area contributed by atoms with Crippen LogP contribution in [0.25, 0.3) is 0 Å². The lowest BCUT2D eigenvalue weighted by molar-refractivity contribution is -0.146. The molecule has 0 radical (unpaired) electrons. The van der Waals surface area contributed by atoms with E-state index in [0.29, 0.717) is 11.3 Å². The molecular weight excluding hydrogens is 344 g/mol. The highest BCUT2D eigenvalue weighted by atomic mass is 16.4. The first-order chi connectivity index (χ1) is 13.0. The normalized spacial score (nSPS) is 29.0. The number of rotatable bonds is 4. The maximum absolute atomic E-state index is 12.7. The monoisotopic (exact) mass is 368 g/mol. The van der Waals surface area contributed by atoms with Gasteiger partial charge in [0.2, 0.25) is 5.91 Å². The fraction of sp³-hybridized carbons (Fsp3) is 0.476. The van der Waals surface area contributed by atoms with Gasteiger partial charge in [0.1, 0.15) is 0 Å². The van der Waals surface area contributed by atoms with E-state index in [9.17, 15) is 19.5 Å². The highest BCUT2D eigenvalue weighted by Crippen LogP contribution is 2.48. The average Bonchev–Trinajstić information content (AvgIpc) is 3.30. The number of carboxylic acid groups (broad SMARTS) is 1. The molecular formula is C21H24N2O4. The third-order valence-corrected chi connectivity index (χ3v) is 6.09. The molecule has 1 aromatic carbocycles. The molecule has 142 valence electrons. The molecule has 0 spiro atoms. The lowest BCUT2D eigenvalue weighted by atomic mass is 9.82. The molecule has 0 unspecified atom stereocenters. The van der Waals surface area contributed by atoms with E-state index in [1.807, 2.05) is 17.1 Å². The van der Waals surface area contributed by atoms with E-state index in [2.05, 4.69) is 5.32 Å². The molecule has 6 heteroatoms. The third-order valence-electron chi connectivity index (χ3n) is 6.09. The van der Waals surface area contributed by atoms with E-state index in [1.165, 1.54) is 6.42 Å². The Morgan fingerprint density at radius 3 is 2.19 bits per heavy atom. The van der Waals surface area contributed by atoms with Crippen molar-refractivity contribution >= 4 is 23.5 Å². The molecule has 0 aromatic heterocycles. The van der Waals surface area contributed by atoms with E-state index < -0.39 is 17.8 Å². The number of hydrogen-bond donors (Lipinski definition) is 2. The van der Waals surface area contributed by atoms with E-state index in [4.69, 9.17) is 0 Å². The molecule has 4 atom stereocenters. The van der Waals surface area contributed by atoms with Crippen molar-refractivity contribution in [1.29, 1.82) is 0 Å². The largest absolute Gasteiger partial charge is 0.481 e. The average molecular weight is 368 g/mol. The lowest BCUT2D eigenvalue weighted by Gasteiger charge is -2.27. The van der Waals surface area contributed by atoms with Gasteiger partial charge in [0.15, 0.2) is 0 Å². The Hall–Kier alpha value is -2.63. The molecule has 2 aliphatic carbocycles. The van der Waals surface area contributed by atoms with Gasteiger partial charge < -0.3 is 15.3 Å². The van der Waals surface area contributed by atoms with Gasteiger partial charge in [0, 0.05) is 24.3 Å². The van der Waals surface area contributed by atoms with Gasteiger partial charge in [-0.3, -0.25) is 14.4 Å². The molecule has 2 amide bonds. The van der Waals surface area contributed by atoms with Gasteiger partial charge in [-0.2, -0.15) is 0 Å². The molecule has 6 nitrogen and oxygen atoms in total. The maximum atomic E-state index is 12.7. The topological polar surface area (TPSA) is 86.7 Å². The quantitative estimate of drug-likeness (QED) is 0.800. The first-order valence-corrected chi connectivity index (χ1v) is 9.66. The molecule has 1 aromatic rings. The van der Waals surface area contributed by atoms with Crippen LogP contribution in [0.5, 0.6) is 0 Å². The Bertz CT molecular complexity index is 780. The predicted molar refractivity (Wildman–Crippen MR) is 100 cm³/mol. The van der Waals surface area contributed by atoms with Gasteiger partial charge in [-0.25, -0.2) is 0 Å². The van der Waals surface area contributed by atoms with Crippen molar-refractivity contribution in [3.05, 3.63) is 42.0 Å². The Kier molecular flexibility index (Phi) is 4.72. The minimum atomic E-state index is -0.908. The summed E-state index contributed by atoms with van der Waals surface area (Å²) in [7, 11) is 0. The van der Waals surface area contributed by atoms with Crippen LogP contribution in [0.4, 0.5) is 5.69 Å². The third kappa shape index (κ3) is 3.36. The number of carboxylic acids is 1. The number of likely N-dealkylation sites (tertiary alicyclic amines) is 1. The molecule has 2 bridgehead atoms. The van der Waals surface area contributed by atoms with Crippen LogP contribution in [0.15, 0.2) is 36.4 Å². The first kappa shape index (κ1) is 17.8. The molecule has 1 heterocycles. The van der Waals surface area contributed by atoms with Crippen LogP contribution in [0.2, 0.25) is 0 Å². The molecule has 1 saturated heterocycles. The highest BCUT2D eigenvalue weighted by molar-refractivity contribution is 5.98. The van der Waals surface area contributed by atoms with E-state index >= 15 is 0 Å². The number of anilines is 1. The van der Waals surface area contributed by atoms with Gasteiger partial charge in [0.05, 0.1) is 11.8 Å². The summed E-state index contributed by atoms with van der Waals surface area (Å²) in [6.45, 7) is 1.59. The number of fused-ring (bicyclic) bond motifs is 2. The minimum absolute atomic E-state index is 0.00366. The Morgan fingerprint density at radius 1 is 0.926 bits per heavy atom. The summed E-state index contributed by atoms with van der Waals surface area (Å²) in [5.41, 5.74) is 1.20. The molecule has 2 N–H and O–H groups in total. The number of benzene rings is 1. The number of piperidine rings is 1. The van der Waals surface area contributed by atoms with Crippen molar-refractivity contribution in [2.45, 2.75) is 25.7 Å². The van der Waals surface area contributed by atoms with Crippen molar-refractivity contribution in [3.63, 3.8) is 0 Å². The van der Waals surface area contributed by atoms with Crippen LogP contribution >= 0.6 is 0 Å². The number of carbonyl (C=O) groups is 3. The van der Waals surface area contributed by atoms with Crippen LogP contribution < -0.4 is 5.32 Å². The van der Waals surface area contributed by atoms with Gasteiger partial charge >= 0.3 is 5.97 Å². The number of aliphatic carboxylic acids is 1. The summed E-state index contributed by atoms with van der Waals surface area (Å²) in [4.78, 5) is 38.7. The van der Waals surface area contributed by atoms with Crippen molar-refractivity contribution in [2.75, 3.05) is 18.4 Å². The first-order valence-electron chi connectivity index (χ1n) is 9.66. The van der Waals surface area contributed by atoms with E-state index in [0.717, 1.165) is 32.4 Å². The van der Waals surface area contributed by atoms with Crippen LogP contribution in [-0.4, -0.2) is 40.9 Å². The van der Waals surface area contributed by atoms with Gasteiger partial charge in [-0.15, -0.1) is 0 Å². The van der Waals surface area contributed by atoms with Crippen LogP contribution in [-0.2, 0) is 9.59 Å². The molecule has 3 aliphatic rings. The fourth-order valence-electron chi connectivity index (χ4n) is 4.72.